The van der Waals surface area contributed by atoms with E-state index in [1.54, 1.807) is 21.0 Å². The Kier molecular flexibility index (Phi) is 11.3. The van der Waals surface area contributed by atoms with Crippen LogP contribution in [0.3, 0.4) is 0 Å². The Labute approximate surface area is 319 Å². The van der Waals surface area contributed by atoms with E-state index in [0.717, 1.165) is 54.9 Å². The van der Waals surface area contributed by atoms with Crippen molar-refractivity contribution < 1.29 is 33.3 Å². The van der Waals surface area contributed by atoms with Gasteiger partial charge in [0.25, 0.3) is 0 Å². The molecule has 16 rings (SSSR count). The Hall–Kier alpha value is -5.18. The first-order valence-electron chi connectivity index (χ1n) is 19.3. The van der Waals surface area contributed by atoms with Gasteiger partial charge in [-0.2, -0.15) is 0 Å². The van der Waals surface area contributed by atoms with Crippen LogP contribution in [0.4, 0.5) is 0 Å². The molecule has 9 nitrogen and oxygen atoms in total. The summed E-state index contributed by atoms with van der Waals surface area (Å²) >= 11 is 0. The number of carbonyl (C=O) groups excluding carboxylic acids is 2. The Morgan fingerprint density at radius 2 is 0.870 bits per heavy atom. The van der Waals surface area contributed by atoms with E-state index in [2.05, 4.69) is 72.8 Å². The topological polar surface area (TPSA) is 86.8 Å². The van der Waals surface area contributed by atoms with Crippen molar-refractivity contribution in [2.75, 3.05) is 59.7 Å². The molecule has 2 spiro atoms. The van der Waals surface area contributed by atoms with Gasteiger partial charge in [0.05, 0.1) is 33.5 Å². The predicted molar refractivity (Wildman–Crippen MR) is 208 cm³/mol. The van der Waals surface area contributed by atoms with Gasteiger partial charge in [-0.3, -0.25) is 9.59 Å². The second-order valence-electron chi connectivity index (χ2n) is 14.7. The van der Waals surface area contributed by atoms with Gasteiger partial charge in [-0.25, -0.2) is 0 Å². The third-order valence-corrected chi connectivity index (χ3v) is 11.7. The number of rotatable bonds is 1. The molecule has 2 saturated heterocycles. The summed E-state index contributed by atoms with van der Waals surface area (Å²) in [6.45, 7) is 8.13. The molecule has 4 aromatic rings. The number of hydrogen-bond acceptors (Lipinski definition) is 7. The largest absolute Gasteiger partial charge is 0.493 e. The minimum Gasteiger partial charge on any atom is -0.493 e. The molecule has 0 atom stereocenters. The van der Waals surface area contributed by atoms with Crippen LogP contribution in [-0.2, 0) is 20.4 Å². The van der Waals surface area contributed by atoms with Gasteiger partial charge in [-0.15, -0.1) is 0 Å². The van der Waals surface area contributed by atoms with Crippen LogP contribution in [0.15, 0.2) is 91.0 Å². The Morgan fingerprint density at radius 1 is 0.519 bits per heavy atom. The number of methoxy groups -OCH3 is 1. The summed E-state index contributed by atoms with van der Waals surface area (Å²) in [4.78, 5) is 28.4. The Bertz CT molecular complexity index is 1880. The maximum atomic E-state index is 12.3. The molecular formula is C45H52N2O7. The zero-order valence-electron chi connectivity index (χ0n) is 31.8. The number of amides is 2. The van der Waals surface area contributed by atoms with Gasteiger partial charge in [0.15, 0.2) is 11.5 Å². The summed E-state index contributed by atoms with van der Waals surface area (Å²) in [6, 6.07) is 31.6. The van der Waals surface area contributed by atoms with Crippen LogP contribution in [0.25, 0.3) is 0 Å². The zero-order valence-corrected chi connectivity index (χ0v) is 31.8. The molecule has 0 aromatic heterocycles. The van der Waals surface area contributed by atoms with E-state index in [0.29, 0.717) is 70.5 Å². The second-order valence-corrected chi connectivity index (χ2v) is 14.7. The van der Waals surface area contributed by atoms with Gasteiger partial charge in [0.1, 0.15) is 17.2 Å². The quantitative estimate of drug-likeness (QED) is 0.200. The number of likely N-dealkylation sites (tertiary alicyclic amines) is 2. The van der Waals surface area contributed by atoms with Crippen molar-refractivity contribution in [1.29, 1.82) is 0 Å². The lowest BCUT2D eigenvalue weighted by Crippen LogP contribution is -2.45. The molecule has 9 heteroatoms. The molecule has 12 aliphatic rings. The van der Waals surface area contributed by atoms with Crippen molar-refractivity contribution in [3.63, 3.8) is 0 Å². The van der Waals surface area contributed by atoms with Crippen LogP contribution in [-0.4, -0.2) is 81.3 Å². The molecule has 12 heterocycles. The van der Waals surface area contributed by atoms with Crippen molar-refractivity contribution in [2.45, 2.75) is 63.2 Å². The number of piperidine rings is 2. The Balaban J connectivity index is 1.13. The summed E-state index contributed by atoms with van der Waals surface area (Å²) in [5, 5.41) is 0. The van der Waals surface area contributed by atoms with Gasteiger partial charge >= 0.3 is 0 Å². The van der Waals surface area contributed by atoms with Crippen LogP contribution >= 0.6 is 0 Å². The third-order valence-electron chi connectivity index (χ3n) is 11.7. The molecule has 0 unspecified atom stereocenters. The van der Waals surface area contributed by atoms with E-state index in [1.165, 1.54) is 16.7 Å². The van der Waals surface area contributed by atoms with E-state index < -0.39 is 0 Å². The second kappa shape index (κ2) is 16.5. The number of hydrogen-bond donors (Lipinski definition) is 0. The average molecular weight is 733 g/mol. The maximum absolute atomic E-state index is 12.3. The molecule has 0 aliphatic carbocycles. The van der Waals surface area contributed by atoms with Gasteiger partial charge in [-0.1, -0.05) is 42.5 Å². The van der Waals surface area contributed by atoms with Crippen molar-refractivity contribution in [3.05, 3.63) is 113 Å². The lowest BCUT2D eigenvalue weighted by Gasteiger charge is -2.43. The highest BCUT2D eigenvalue weighted by Gasteiger charge is 2.40. The fourth-order valence-electron chi connectivity index (χ4n) is 8.46. The molecule has 2 amide bonds. The van der Waals surface area contributed by atoms with E-state index in [-0.39, 0.29) is 22.6 Å². The maximum Gasteiger partial charge on any atom is 0.219 e. The summed E-state index contributed by atoms with van der Waals surface area (Å²) in [5.74, 6) is 4.05. The molecule has 0 saturated carbocycles. The van der Waals surface area contributed by atoms with Crippen molar-refractivity contribution in [2.24, 2.45) is 0 Å². The van der Waals surface area contributed by atoms with E-state index in [1.807, 2.05) is 28.0 Å². The smallest absolute Gasteiger partial charge is 0.219 e. The van der Waals surface area contributed by atoms with Crippen LogP contribution in [0.1, 0.15) is 74.6 Å². The molecule has 2 fully saturated rings. The van der Waals surface area contributed by atoms with Crippen LogP contribution in [0.2, 0.25) is 0 Å². The van der Waals surface area contributed by atoms with Gasteiger partial charge in [0, 0.05) is 63.7 Å². The number of benzene rings is 4. The molecule has 8 bridgehead atoms. The first-order valence-corrected chi connectivity index (χ1v) is 19.3. The molecule has 284 valence electrons. The highest BCUT2D eigenvalue weighted by Crippen LogP contribution is 2.45. The monoisotopic (exact) mass is 732 g/mol. The minimum atomic E-state index is -0.294. The summed E-state index contributed by atoms with van der Waals surface area (Å²) in [7, 11) is 1.68. The molecule has 12 aliphatic heterocycles. The van der Waals surface area contributed by atoms with Gasteiger partial charge < -0.3 is 33.5 Å². The lowest BCUT2D eigenvalue weighted by molar-refractivity contribution is -0.131. The van der Waals surface area contributed by atoms with Gasteiger partial charge in [0.2, 0.25) is 11.8 Å². The van der Waals surface area contributed by atoms with Crippen molar-refractivity contribution in [3.8, 4) is 28.7 Å². The highest BCUT2D eigenvalue weighted by atomic mass is 16.5. The molecular weight excluding hydrogens is 681 g/mol. The standard InChI is InChI=1S/C45H52N2O7/c1-33(48)46-24-20-44(21-25-46)35-6-13-39(14-7-35)51-28-4-29-52-41-17-10-37(11-18-41)45(22-26-47(27-23-45)34(2)49)38-12-19-42(43(32-38)50-3)54-31-5-30-53-40-15-8-36(44)9-16-40/h6-19,32H,4-5,20-31H2,1-3H3. The van der Waals surface area contributed by atoms with Gasteiger partial charge in [-0.05, 0) is 96.5 Å². The molecule has 0 radical (unpaired) electrons. The van der Waals surface area contributed by atoms with Crippen LogP contribution < -0.4 is 23.7 Å². The van der Waals surface area contributed by atoms with E-state index >= 15 is 0 Å². The molecule has 4 aromatic carbocycles. The predicted octanol–water partition coefficient (Wildman–Crippen LogP) is 7.56. The third kappa shape index (κ3) is 7.86. The van der Waals surface area contributed by atoms with Crippen molar-refractivity contribution in [1.82, 2.24) is 9.80 Å². The lowest BCUT2D eigenvalue weighted by atomic mass is 9.68. The molecule has 54 heavy (non-hydrogen) atoms. The normalized spacial score (nSPS) is 18.6. The fraction of sp³-hybridized carbons (Fsp3) is 0.422. The molecule has 0 N–H and O–H groups in total. The van der Waals surface area contributed by atoms with E-state index in [4.69, 9.17) is 23.7 Å². The fourth-order valence-corrected chi connectivity index (χ4v) is 8.46. The summed E-state index contributed by atoms with van der Waals surface area (Å²) < 4.78 is 30.6. The highest BCUT2D eigenvalue weighted by molar-refractivity contribution is 5.74. The summed E-state index contributed by atoms with van der Waals surface area (Å²) in [5.41, 5.74) is 4.25. The average Bonchev–Trinajstić information content (AvgIpc) is 3.21. The number of nitrogens with zero attached hydrogens (tertiary/aromatic N) is 2. The van der Waals surface area contributed by atoms with Crippen LogP contribution in [0, 0.1) is 0 Å². The minimum absolute atomic E-state index is 0.106. The number of ether oxygens (including phenoxy) is 5. The Morgan fingerprint density at radius 3 is 1.24 bits per heavy atom. The first-order chi connectivity index (χ1) is 26.3. The SMILES string of the molecule is COc1cc2ccc1OCCCOc1ccc(cc1)C1(CCN(C(C)=O)CC1)c1ccc(cc1)OCCCOc1ccc(cc1)C21CCN(C(C)=O)CC1. The van der Waals surface area contributed by atoms with Crippen molar-refractivity contribution >= 4 is 11.8 Å². The first kappa shape index (κ1) is 37.1. The number of carbonyl (C=O) groups is 2. The zero-order chi connectivity index (χ0) is 37.5. The summed E-state index contributed by atoms with van der Waals surface area (Å²) in [6.07, 6.45) is 4.71. The van der Waals surface area contributed by atoms with E-state index in [9.17, 15) is 9.59 Å². The van der Waals surface area contributed by atoms with Crippen LogP contribution in [0.5, 0.6) is 28.7 Å².